The van der Waals surface area contributed by atoms with Crippen molar-refractivity contribution in [1.29, 1.82) is 0 Å². The molecule has 11 nitrogen and oxygen atoms in total. The zero-order valence-electron chi connectivity index (χ0n) is 14.5. The van der Waals surface area contributed by atoms with Crippen molar-refractivity contribution < 1.29 is 36.6 Å². The minimum absolute atomic E-state index is 0. The average molecular weight is 423 g/mol. The number of amides is 2. The summed E-state index contributed by atoms with van der Waals surface area (Å²) in [6.45, 7) is 0.445. The van der Waals surface area contributed by atoms with Crippen LogP contribution in [0, 0.1) is 0 Å². The molecule has 0 aliphatic carbocycles. The maximum absolute atomic E-state index is 12.3. The number of carboxylic acid groups (broad SMARTS) is 1. The number of nitrogens with one attached hydrogen (secondary N) is 2. The van der Waals surface area contributed by atoms with Gasteiger partial charge in [-0.3, -0.25) is 14.6 Å². The number of guanidine groups is 1. The van der Waals surface area contributed by atoms with Crippen molar-refractivity contribution in [3.63, 3.8) is 0 Å². The first kappa shape index (κ1) is 26.3. The molecule has 0 aliphatic rings. The van der Waals surface area contributed by atoms with Crippen LogP contribution in [-0.4, -0.2) is 60.6 Å². The first-order valence-electron chi connectivity index (χ1n) is 8.09. The third-order valence-electron chi connectivity index (χ3n) is 3.34. The minimum Gasteiger partial charge on any atom is -0.480 e. The molecule has 0 aromatic heterocycles. The Bertz CT molecular complexity index is 472. The molecule has 11 N–H and O–H groups in total. The molecule has 0 heterocycles. The van der Waals surface area contributed by atoms with Crippen molar-refractivity contribution in [3.05, 3.63) is 0 Å². The van der Waals surface area contributed by atoms with Gasteiger partial charge in [-0.25, -0.2) is 4.79 Å². The van der Waals surface area contributed by atoms with E-state index in [1.807, 2.05) is 0 Å². The monoisotopic (exact) mass is 422 g/mol. The summed E-state index contributed by atoms with van der Waals surface area (Å²) < 4.78 is 0. The van der Waals surface area contributed by atoms with Gasteiger partial charge in [0, 0.05) is 23.6 Å². The van der Waals surface area contributed by atoms with Gasteiger partial charge in [-0.2, -0.15) is 0 Å². The second-order valence-electron chi connectivity index (χ2n) is 5.46. The Balaban J connectivity index is 0. The van der Waals surface area contributed by atoms with E-state index < -0.39 is 29.9 Å². The van der Waals surface area contributed by atoms with Crippen LogP contribution in [0.4, 0.5) is 0 Å². The Hall–Kier alpha value is -1.88. The molecule has 0 saturated carbocycles. The van der Waals surface area contributed by atoms with Gasteiger partial charge in [0.15, 0.2) is 5.96 Å². The van der Waals surface area contributed by atoms with Gasteiger partial charge in [-0.05, 0) is 38.6 Å². The van der Waals surface area contributed by atoms with Crippen molar-refractivity contribution >= 4 is 23.7 Å². The summed E-state index contributed by atoms with van der Waals surface area (Å²) >= 11 is 0. The Morgan fingerprint density at radius 3 is 2.08 bits per heavy atom. The van der Waals surface area contributed by atoms with Crippen LogP contribution in [-0.2, 0) is 31.5 Å². The molecule has 0 bridgehead atoms. The van der Waals surface area contributed by atoms with Gasteiger partial charge in [0.25, 0.3) is 0 Å². The quantitative estimate of drug-likeness (QED) is 0.0709. The van der Waals surface area contributed by atoms with Crippen molar-refractivity contribution in [2.75, 3.05) is 19.6 Å². The SMILES string of the molecule is NCCCCC(NC(=O)C(CCCN=C(N)N)NC(=O)CN)C(=O)O.[Cu]. The largest absolute Gasteiger partial charge is 0.480 e. The van der Waals surface area contributed by atoms with Gasteiger partial charge in [0.05, 0.1) is 6.54 Å². The maximum Gasteiger partial charge on any atom is 0.326 e. The number of nitrogens with zero attached hydrogens (tertiary/aromatic N) is 1. The minimum atomic E-state index is -1.14. The van der Waals surface area contributed by atoms with Crippen LogP contribution >= 0.6 is 0 Å². The van der Waals surface area contributed by atoms with Crippen LogP contribution in [0.15, 0.2) is 4.99 Å². The molecular formula is C14H29CuN7O4. The third-order valence-corrected chi connectivity index (χ3v) is 3.34. The molecular weight excluding hydrogens is 394 g/mol. The van der Waals surface area contributed by atoms with Crippen LogP contribution in [0.5, 0.6) is 0 Å². The molecule has 0 aromatic rings. The Morgan fingerprint density at radius 1 is 0.962 bits per heavy atom. The number of hydrogen-bond acceptors (Lipinski definition) is 6. The summed E-state index contributed by atoms with van der Waals surface area (Å²) in [4.78, 5) is 38.9. The number of aliphatic carboxylic acids is 1. The number of carbonyl (C=O) groups excluding carboxylic acids is 2. The molecule has 155 valence electrons. The van der Waals surface area contributed by atoms with E-state index in [9.17, 15) is 19.5 Å². The number of carbonyl (C=O) groups is 3. The van der Waals surface area contributed by atoms with Gasteiger partial charge in [0.2, 0.25) is 11.8 Å². The molecule has 12 heteroatoms. The predicted octanol–water partition coefficient (Wildman–Crippen LogP) is -2.82. The predicted molar refractivity (Wildman–Crippen MR) is 93.4 cm³/mol. The van der Waals surface area contributed by atoms with E-state index in [0.29, 0.717) is 25.8 Å². The van der Waals surface area contributed by atoms with Crippen LogP contribution in [0.2, 0.25) is 0 Å². The summed E-state index contributed by atoms with van der Waals surface area (Å²) in [6, 6.07) is -1.96. The first-order valence-corrected chi connectivity index (χ1v) is 8.09. The van der Waals surface area contributed by atoms with Gasteiger partial charge in [-0.15, -0.1) is 0 Å². The van der Waals surface area contributed by atoms with Crippen LogP contribution in [0.1, 0.15) is 32.1 Å². The number of nitrogens with two attached hydrogens (primary N) is 4. The first-order chi connectivity index (χ1) is 11.8. The third kappa shape index (κ3) is 12.5. The van der Waals surface area contributed by atoms with Crippen molar-refractivity contribution in [3.8, 4) is 0 Å². The zero-order valence-corrected chi connectivity index (χ0v) is 15.5. The fourth-order valence-electron chi connectivity index (χ4n) is 2.05. The zero-order chi connectivity index (χ0) is 19.2. The summed E-state index contributed by atoms with van der Waals surface area (Å²) in [5.74, 6) is -2.32. The van der Waals surface area contributed by atoms with E-state index in [1.165, 1.54) is 0 Å². The number of aliphatic imine (C=N–C) groups is 1. The summed E-state index contributed by atoms with van der Waals surface area (Å²) in [5, 5.41) is 14.1. The Labute approximate surface area is 163 Å². The van der Waals surface area contributed by atoms with Crippen molar-refractivity contribution in [2.24, 2.45) is 27.9 Å². The number of carboxylic acids is 1. The van der Waals surface area contributed by atoms with Crippen molar-refractivity contribution in [1.82, 2.24) is 10.6 Å². The molecule has 0 aliphatic heterocycles. The summed E-state index contributed by atoms with van der Waals surface area (Å²) in [6.07, 6.45) is 2.14. The summed E-state index contributed by atoms with van der Waals surface area (Å²) in [7, 11) is 0. The smallest absolute Gasteiger partial charge is 0.326 e. The van der Waals surface area contributed by atoms with E-state index in [4.69, 9.17) is 22.9 Å². The molecule has 26 heavy (non-hydrogen) atoms. The van der Waals surface area contributed by atoms with E-state index >= 15 is 0 Å². The fourth-order valence-corrected chi connectivity index (χ4v) is 2.05. The van der Waals surface area contributed by atoms with E-state index in [0.717, 1.165) is 0 Å². The van der Waals surface area contributed by atoms with E-state index in [-0.39, 0.29) is 49.0 Å². The second kappa shape index (κ2) is 15.4. The molecule has 0 fully saturated rings. The molecule has 0 saturated heterocycles. The Morgan fingerprint density at radius 2 is 1.58 bits per heavy atom. The molecule has 0 aromatic carbocycles. The molecule has 2 amide bonds. The summed E-state index contributed by atoms with van der Waals surface area (Å²) in [5.41, 5.74) is 21.1. The average Bonchev–Trinajstić information content (AvgIpc) is 2.55. The van der Waals surface area contributed by atoms with Crippen molar-refractivity contribution in [2.45, 2.75) is 44.2 Å². The standard InChI is InChI=1S/C14H29N7O4.Cu/c15-6-2-1-4-10(13(24)25)21-12(23)9(20-11(22)8-16)5-3-7-19-14(17)18;/h9-10H,1-8,15-16H2,(H,20,22)(H,21,23)(H,24,25)(H4,17,18,19);. The van der Waals surface area contributed by atoms with Gasteiger partial charge in [-0.1, -0.05) is 0 Å². The molecule has 1 radical (unpaired) electrons. The topological polar surface area (TPSA) is 212 Å². The second-order valence-corrected chi connectivity index (χ2v) is 5.46. The van der Waals surface area contributed by atoms with Crippen LogP contribution in [0.3, 0.4) is 0 Å². The Kier molecular flexibility index (Phi) is 15.6. The van der Waals surface area contributed by atoms with E-state index in [1.54, 1.807) is 0 Å². The van der Waals surface area contributed by atoms with E-state index in [2.05, 4.69) is 15.6 Å². The van der Waals surface area contributed by atoms with Crippen LogP contribution in [0.25, 0.3) is 0 Å². The fraction of sp³-hybridized carbons (Fsp3) is 0.714. The van der Waals surface area contributed by atoms with Crippen LogP contribution < -0.4 is 33.6 Å². The number of unbranched alkanes of at least 4 members (excludes halogenated alkanes) is 1. The maximum atomic E-state index is 12.3. The number of rotatable bonds is 13. The molecule has 0 rings (SSSR count). The van der Waals surface area contributed by atoms with Gasteiger partial charge < -0.3 is 38.7 Å². The molecule has 2 unspecified atom stereocenters. The van der Waals surface area contributed by atoms with Gasteiger partial charge in [0.1, 0.15) is 12.1 Å². The number of hydrogen-bond donors (Lipinski definition) is 7. The molecule has 0 spiro atoms. The van der Waals surface area contributed by atoms with Gasteiger partial charge >= 0.3 is 5.97 Å². The normalized spacial score (nSPS) is 12.2. The molecule has 2 atom stereocenters.